The first-order chi connectivity index (χ1) is 32.4. The van der Waals surface area contributed by atoms with Gasteiger partial charge < -0.3 is 9.13 Å². The Morgan fingerprint density at radius 1 is 0.333 bits per heavy atom. The third kappa shape index (κ3) is 6.65. The minimum absolute atomic E-state index is 0.0386. The molecule has 0 amide bonds. The molecule has 0 spiro atoms. The molecular weight excluding hydrogens is 820 g/mol. The fraction of sp³-hybridized carbons (Fsp3) is 0.0167. The normalized spacial score (nSPS) is 11.9. The van der Waals surface area contributed by atoms with Crippen LogP contribution in [-0.4, -0.2) is 14.1 Å². The molecule has 0 aliphatic rings. The molecule has 0 aliphatic carbocycles. The summed E-state index contributed by atoms with van der Waals surface area (Å²) in [6, 6.07) is 72.7. The molecule has 0 radical (unpaired) electrons. The van der Waals surface area contributed by atoms with E-state index < -0.39 is 11.7 Å². The number of aromatic nitrogens is 3. The van der Waals surface area contributed by atoms with Crippen LogP contribution in [-0.2, 0) is 6.18 Å². The number of alkyl halides is 3. The van der Waals surface area contributed by atoms with Crippen molar-refractivity contribution in [2.24, 2.45) is 0 Å². The molecule has 0 saturated heterocycles. The molecule has 66 heavy (non-hydrogen) atoms. The lowest BCUT2D eigenvalue weighted by Gasteiger charge is -2.19. The van der Waals surface area contributed by atoms with E-state index in [9.17, 15) is 0 Å². The highest BCUT2D eigenvalue weighted by Crippen LogP contribution is 2.45. The number of nitrogens with zero attached hydrogens (tertiary/aromatic N) is 3. The van der Waals surface area contributed by atoms with Gasteiger partial charge in [0, 0.05) is 45.2 Å². The Morgan fingerprint density at radius 2 is 0.712 bits per heavy atom. The van der Waals surface area contributed by atoms with Crippen molar-refractivity contribution in [1.82, 2.24) is 14.1 Å². The zero-order valence-corrected chi connectivity index (χ0v) is 35.4. The summed E-state index contributed by atoms with van der Waals surface area (Å²) in [5.41, 5.74) is 12.9. The van der Waals surface area contributed by atoms with Crippen LogP contribution in [0.1, 0.15) is 5.56 Å². The SMILES string of the molecule is FC(F)(F)c1ccc(-n2c3ccc(-c4ccccc4)cc3c3cc(-c4ccccc4)ccc32)cc1-c1cnccc1-n1c2ccc(-c3ccccc3)cc2c2cc(-c3ccccc3)ccc21. The Labute approximate surface area is 378 Å². The van der Waals surface area contributed by atoms with Gasteiger partial charge in [-0.1, -0.05) is 146 Å². The van der Waals surface area contributed by atoms with Gasteiger partial charge in [-0.25, -0.2) is 0 Å². The van der Waals surface area contributed by atoms with Gasteiger partial charge in [0.05, 0.1) is 33.3 Å². The third-order valence-electron chi connectivity index (χ3n) is 12.9. The molecule has 314 valence electrons. The number of fused-ring (bicyclic) bond motifs is 6. The smallest absolute Gasteiger partial charge is 0.309 e. The second-order valence-corrected chi connectivity index (χ2v) is 16.7. The average molecular weight is 858 g/mol. The van der Waals surface area contributed by atoms with Gasteiger partial charge in [0.2, 0.25) is 0 Å². The van der Waals surface area contributed by atoms with Gasteiger partial charge >= 0.3 is 6.18 Å². The van der Waals surface area contributed by atoms with Crippen molar-refractivity contribution in [3.05, 3.63) is 236 Å². The molecule has 6 heteroatoms. The third-order valence-corrected chi connectivity index (χ3v) is 12.9. The summed E-state index contributed by atoms with van der Waals surface area (Å²) in [6.45, 7) is 0. The summed E-state index contributed by atoms with van der Waals surface area (Å²) in [7, 11) is 0. The van der Waals surface area contributed by atoms with Gasteiger partial charge in [0.15, 0.2) is 0 Å². The largest absolute Gasteiger partial charge is 0.417 e. The number of hydrogen-bond donors (Lipinski definition) is 0. The van der Waals surface area contributed by atoms with Crippen LogP contribution < -0.4 is 0 Å². The second-order valence-electron chi connectivity index (χ2n) is 16.7. The van der Waals surface area contributed by atoms with E-state index in [0.717, 1.165) is 88.1 Å². The van der Waals surface area contributed by atoms with Crippen molar-refractivity contribution in [2.45, 2.75) is 6.18 Å². The molecule has 0 atom stereocenters. The van der Waals surface area contributed by atoms with Crippen LogP contribution in [0.15, 0.2) is 231 Å². The Hall–Kier alpha value is -8.48. The molecule has 0 aliphatic heterocycles. The van der Waals surface area contributed by atoms with E-state index in [-0.39, 0.29) is 5.56 Å². The van der Waals surface area contributed by atoms with Crippen molar-refractivity contribution in [2.75, 3.05) is 0 Å². The summed E-state index contributed by atoms with van der Waals surface area (Å²) >= 11 is 0. The maximum absolute atomic E-state index is 15.5. The maximum atomic E-state index is 15.5. The van der Waals surface area contributed by atoms with Crippen LogP contribution in [0, 0.1) is 0 Å². The zero-order valence-electron chi connectivity index (χ0n) is 35.4. The van der Waals surface area contributed by atoms with Crippen LogP contribution in [0.3, 0.4) is 0 Å². The summed E-state index contributed by atoms with van der Waals surface area (Å²) in [5.74, 6) is 0. The van der Waals surface area contributed by atoms with Gasteiger partial charge in [-0.15, -0.1) is 0 Å². The summed E-state index contributed by atoms with van der Waals surface area (Å²) in [4.78, 5) is 4.50. The summed E-state index contributed by atoms with van der Waals surface area (Å²) in [5, 5.41) is 3.99. The number of rotatable bonds is 7. The molecule has 3 aromatic heterocycles. The van der Waals surface area contributed by atoms with Crippen molar-refractivity contribution in [1.29, 1.82) is 0 Å². The van der Waals surface area contributed by atoms with Gasteiger partial charge in [-0.05, 0) is 123 Å². The van der Waals surface area contributed by atoms with Gasteiger partial charge in [-0.3, -0.25) is 4.98 Å². The maximum Gasteiger partial charge on any atom is 0.417 e. The Balaban J connectivity index is 1.10. The molecule has 9 aromatic carbocycles. The van der Waals surface area contributed by atoms with Crippen molar-refractivity contribution in [3.63, 3.8) is 0 Å². The zero-order chi connectivity index (χ0) is 44.4. The highest BCUT2D eigenvalue weighted by atomic mass is 19.4. The molecule has 0 N–H and O–H groups in total. The van der Waals surface area contributed by atoms with E-state index in [1.165, 1.54) is 6.07 Å². The number of hydrogen-bond acceptors (Lipinski definition) is 1. The molecule has 12 rings (SSSR count). The predicted molar refractivity (Wildman–Crippen MR) is 265 cm³/mol. The Bertz CT molecular complexity index is 3580. The van der Waals surface area contributed by atoms with Gasteiger partial charge in [-0.2, -0.15) is 13.2 Å². The van der Waals surface area contributed by atoms with E-state index in [1.54, 1.807) is 24.5 Å². The summed E-state index contributed by atoms with van der Waals surface area (Å²) < 4.78 is 50.6. The number of benzene rings is 9. The average Bonchev–Trinajstić information content (AvgIpc) is 3.88. The topological polar surface area (TPSA) is 22.8 Å². The van der Waals surface area contributed by atoms with E-state index >= 15 is 13.2 Å². The first kappa shape index (κ1) is 39.1. The highest BCUT2D eigenvalue weighted by Gasteiger charge is 2.35. The minimum Gasteiger partial charge on any atom is -0.309 e. The van der Waals surface area contributed by atoms with Crippen molar-refractivity contribution < 1.29 is 13.2 Å². The van der Waals surface area contributed by atoms with Crippen LogP contribution in [0.2, 0.25) is 0 Å². The molecule has 0 saturated carbocycles. The van der Waals surface area contributed by atoms with E-state index in [2.05, 4.69) is 135 Å². The number of pyridine rings is 1. The molecule has 0 bridgehead atoms. The van der Waals surface area contributed by atoms with E-state index in [1.807, 2.05) is 78.9 Å². The van der Waals surface area contributed by atoms with E-state index in [0.29, 0.717) is 16.9 Å². The van der Waals surface area contributed by atoms with Crippen LogP contribution >= 0.6 is 0 Å². The fourth-order valence-corrected chi connectivity index (χ4v) is 9.76. The molecule has 3 nitrogen and oxygen atoms in total. The Kier molecular flexibility index (Phi) is 9.28. The summed E-state index contributed by atoms with van der Waals surface area (Å²) in [6.07, 6.45) is -1.43. The highest BCUT2D eigenvalue weighted by molar-refractivity contribution is 6.13. The standard InChI is InChI=1S/C60H38F3N3/c61-60(62,63)54-26-25-47(65-55-27-21-43(39-13-5-1-6-14-39)33-49(55)50-34-44(22-28-56(50)65)40-15-7-2-8-16-40)37-48(54)53-38-64-32-31-59(53)66-57-29-23-45(41-17-9-3-10-18-41)35-51(57)52-36-46(24-30-58(52)66)42-19-11-4-12-20-42/h1-38H. The predicted octanol–water partition coefficient (Wildman–Crippen LogP) is 16.6. The lowest BCUT2D eigenvalue weighted by molar-refractivity contribution is -0.137. The van der Waals surface area contributed by atoms with Crippen LogP contribution in [0.4, 0.5) is 13.2 Å². The monoisotopic (exact) mass is 857 g/mol. The minimum atomic E-state index is -4.66. The first-order valence-electron chi connectivity index (χ1n) is 21.9. The van der Waals surface area contributed by atoms with Crippen molar-refractivity contribution >= 4 is 43.6 Å². The van der Waals surface area contributed by atoms with Crippen LogP contribution in [0.5, 0.6) is 0 Å². The molecule has 0 unspecified atom stereocenters. The van der Waals surface area contributed by atoms with Gasteiger partial charge in [0.1, 0.15) is 0 Å². The quantitative estimate of drug-likeness (QED) is 0.157. The van der Waals surface area contributed by atoms with Gasteiger partial charge in [0.25, 0.3) is 0 Å². The van der Waals surface area contributed by atoms with E-state index in [4.69, 9.17) is 0 Å². The molecule has 0 fully saturated rings. The number of halogens is 3. The molecule has 12 aromatic rings. The second kappa shape index (κ2) is 15.6. The lowest BCUT2D eigenvalue weighted by atomic mass is 9.98. The first-order valence-corrected chi connectivity index (χ1v) is 21.9. The van der Waals surface area contributed by atoms with Crippen LogP contribution in [0.25, 0.3) is 111 Å². The molecule has 3 heterocycles. The lowest BCUT2D eigenvalue weighted by Crippen LogP contribution is -2.09. The molecular formula is C60H38F3N3. The fourth-order valence-electron chi connectivity index (χ4n) is 9.76. The Morgan fingerprint density at radius 3 is 1.09 bits per heavy atom. The van der Waals surface area contributed by atoms with Crippen molar-refractivity contribution in [3.8, 4) is 67.0 Å².